The number of thioether (sulfide) groups is 1. The van der Waals surface area contributed by atoms with Gasteiger partial charge in [0.15, 0.2) is 0 Å². The number of carbonyl (C=O) groups is 2. The molecule has 0 aliphatic carbocycles. The Labute approximate surface area is 210 Å². The summed E-state index contributed by atoms with van der Waals surface area (Å²) in [6.45, 7) is 1.81. The highest BCUT2D eigenvalue weighted by atomic mass is 32.2. The predicted octanol–water partition coefficient (Wildman–Crippen LogP) is 4.49. The number of carbonyl (C=O) groups excluding carboxylic acids is 2. The number of rotatable bonds is 9. The van der Waals surface area contributed by atoms with Crippen LogP contribution in [0.25, 0.3) is 0 Å². The molecule has 4 aromatic rings. The Morgan fingerprint density at radius 2 is 2.03 bits per heavy atom. The van der Waals surface area contributed by atoms with E-state index in [1.165, 1.54) is 29.4 Å². The highest BCUT2D eigenvalue weighted by molar-refractivity contribution is 7.98. The molecule has 0 saturated carbocycles. The third kappa shape index (κ3) is 6.34. The molecule has 0 spiro atoms. The van der Waals surface area contributed by atoms with Crippen molar-refractivity contribution in [2.75, 3.05) is 12.4 Å². The van der Waals surface area contributed by atoms with Crippen LogP contribution >= 0.6 is 23.1 Å². The molecule has 11 heteroatoms. The number of nitrogens with zero attached hydrogens (tertiary/aromatic N) is 3. The molecule has 0 bridgehead atoms. The van der Waals surface area contributed by atoms with Gasteiger partial charge in [-0.1, -0.05) is 23.9 Å². The van der Waals surface area contributed by atoms with E-state index in [9.17, 15) is 9.59 Å². The van der Waals surface area contributed by atoms with Gasteiger partial charge in [-0.2, -0.15) is 5.10 Å². The molecule has 2 aromatic carbocycles. The van der Waals surface area contributed by atoms with Crippen LogP contribution in [0.5, 0.6) is 5.75 Å². The lowest BCUT2D eigenvalue weighted by atomic mass is 10.1. The number of amides is 2. The molecule has 0 fully saturated rings. The van der Waals surface area contributed by atoms with E-state index in [1.807, 2.05) is 54.8 Å². The summed E-state index contributed by atoms with van der Waals surface area (Å²) in [5.74, 6) is 0.656. The van der Waals surface area contributed by atoms with Crippen molar-refractivity contribution in [3.05, 3.63) is 88.1 Å². The number of anilines is 1. The second-order valence-electron chi connectivity index (χ2n) is 7.32. The van der Waals surface area contributed by atoms with Crippen molar-refractivity contribution >= 4 is 46.1 Å². The summed E-state index contributed by atoms with van der Waals surface area (Å²) in [7, 11) is 1.60. The second-order valence-corrected chi connectivity index (χ2v) is 9.14. The minimum atomic E-state index is -0.402. The van der Waals surface area contributed by atoms with E-state index in [-0.39, 0.29) is 5.91 Å². The molecule has 2 amide bonds. The van der Waals surface area contributed by atoms with E-state index >= 15 is 0 Å². The fourth-order valence-corrected chi connectivity index (χ4v) is 4.78. The maximum atomic E-state index is 12.9. The molecule has 4 rings (SSSR count). The molecule has 2 aromatic heterocycles. The van der Waals surface area contributed by atoms with Crippen molar-refractivity contribution < 1.29 is 14.3 Å². The first-order valence-electron chi connectivity index (χ1n) is 10.5. The van der Waals surface area contributed by atoms with Crippen molar-refractivity contribution in [2.45, 2.75) is 17.8 Å². The Morgan fingerprint density at radius 3 is 2.77 bits per heavy atom. The Kier molecular flexibility index (Phi) is 7.91. The lowest BCUT2D eigenvalue weighted by Crippen LogP contribution is -2.21. The van der Waals surface area contributed by atoms with Crippen LogP contribution in [-0.2, 0) is 5.75 Å². The van der Waals surface area contributed by atoms with E-state index in [2.05, 4.69) is 31.0 Å². The second kappa shape index (κ2) is 11.4. The maximum Gasteiger partial charge on any atom is 0.274 e. The summed E-state index contributed by atoms with van der Waals surface area (Å²) in [6, 6.07) is 14.6. The van der Waals surface area contributed by atoms with Gasteiger partial charge in [-0.15, -0.1) is 16.4 Å². The third-order valence-electron chi connectivity index (χ3n) is 4.87. The number of hydrogen-bond donors (Lipinski definition) is 3. The van der Waals surface area contributed by atoms with E-state index in [1.54, 1.807) is 19.4 Å². The zero-order valence-electron chi connectivity index (χ0n) is 18.9. The van der Waals surface area contributed by atoms with E-state index in [0.29, 0.717) is 27.0 Å². The highest BCUT2D eigenvalue weighted by Gasteiger charge is 2.19. The van der Waals surface area contributed by atoms with Gasteiger partial charge >= 0.3 is 0 Å². The van der Waals surface area contributed by atoms with Gasteiger partial charge in [0.1, 0.15) is 17.1 Å². The van der Waals surface area contributed by atoms with Gasteiger partial charge in [-0.3, -0.25) is 14.7 Å². The number of aromatic nitrogens is 3. The Morgan fingerprint density at radius 1 is 1.20 bits per heavy atom. The lowest BCUT2D eigenvalue weighted by molar-refractivity contribution is 0.0956. The summed E-state index contributed by atoms with van der Waals surface area (Å²) in [5, 5.41) is 16.5. The average molecular weight is 507 g/mol. The number of benzene rings is 2. The smallest absolute Gasteiger partial charge is 0.274 e. The quantitative estimate of drug-likeness (QED) is 0.175. The summed E-state index contributed by atoms with van der Waals surface area (Å²) in [4.78, 5) is 29.8. The van der Waals surface area contributed by atoms with Crippen LogP contribution in [0.15, 0.2) is 70.5 Å². The molecule has 0 unspecified atom stereocenters. The first kappa shape index (κ1) is 24.2. The van der Waals surface area contributed by atoms with Crippen LogP contribution < -0.4 is 15.5 Å². The van der Waals surface area contributed by atoms with Crippen LogP contribution in [0.1, 0.15) is 37.4 Å². The van der Waals surface area contributed by atoms with Crippen molar-refractivity contribution in [1.29, 1.82) is 0 Å². The van der Waals surface area contributed by atoms with Gasteiger partial charge in [0.25, 0.3) is 11.8 Å². The van der Waals surface area contributed by atoms with Gasteiger partial charge in [0.05, 0.1) is 18.9 Å². The molecule has 0 aliphatic rings. The van der Waals surface area contributed by atoms with Crippen LogP contribution in [0.2, 0.25) is 0 Å². The highest BCUT2D eigenvalue weighted by Crippen LogP contribution is 2.28. The first-order valence-corrected chi connectivity index (χ1v) is 12.3. The van der Waals surface area contributed by atoms with Crippen LogP contribution in [0.4, 0.5) is 5.00 Å². The van der Waals surface area contributed by atoms with Gasteiger partial charge in [0, 0.05) is 11.3 Å². The molecular formula is C24H22N6O3S2. The van der Waals surface area contributed by atoms with E-state index in [0.717, 1.165) is 22.4 Å². The van der Waals surface area contributed by atoms with Crippen molar-refractivity contribution in [3.63, 3.8) is 0 Å². The number of ether oxygens (including phenoxy) is 1. The van der Waals surface area contributed by atoms with Crippen molar-refractivity contribution in [1.82, 2.24) is 20.6 Å². The largest absolute Gasteiger partial charge is 0.497 e. The Balaban J connectivity index is 1.40. The summed E-state index contributed by atoms with van der Waals surface area (Å²) in [5.41, 5.74) is 5.92. The van der Waals surface area contributed by atoms with E-state index in [4.69, 9.17) is 4.74 Å². The van der Waals surface area contributed by atoms with Crippen molar-refractivity contribution in [3.8, 4) is 5.75 Å². The molecular weight excluding hydrogens is 484 g/mol. The van der Waals surface area contributed by atoms with Gasteiger partial charge in [-0.05, 0) is 65.4 Å². The van der Waals surface area contributed by atoms with Gasteiger partial charge in [0.2, 0.25) is 5.16 Å². The topological polar surface area (TPSA) is 121 Å². The minimum absolute atomic E-state index is 0.299. The normalized spacial score (nSPS) is 10.9. The lowest BCUT2D eigenvalue weighted by Gasteiger charge is -2.08. The zero-order chi connectivity index (χ0) is 24.6. The maximum absolute atomic E-state index is 12.9. The minimum Gasteiger partial charge on any atom is -0.497 e. The number of nitrogens with one attached hydrogen (secondary N) is 3. The fraction of sp³-hybridized carbons (Fsp3) is 0.125. The summed E-state index contributed by atoms with van der Waals surface area (Å²) >= 11 is 2.76. The standard InChI is InChI=1S/C24H22N6O3S2/c1-15-12-34-23(20(15)22(32)29-26-11-16-6-8-19(33-2)9-7-16)28-21(31)18-5-3-4-17(10-18)13-35-24-25-14-27-30-24/h3-12,14H,13H2,1-2H3,(H,28,31)(H,29,32)(H,25,27,30)/b26-11+. The monoisotopic (exact) mass is 506 g/mol. The van der Waals surface area contributed by atoms with Crippen LogP contribution in [0, 0.1) is 6.92 Å². The fourth-order valence-electron chi connectivity index (χ4n) is 3.12. The number of H-pyrrole nitrogens is 1. The Hall–Kier alpha value is -3.96. The molecule has 0 saturated heterocycles. The molecule has 3 N–H and O–H groups in total. The SMILES string of the molecule is COc1ccc(/C=N/NC(=O)c2c(C)csc2NC(=O)c2cccc(CSc3nc[nH]n3)c2)cc1. The zero-order valence-corrected chi connectivity index (χ0v) is 20.6. The number of methoxy groups -OCH3 is 1. The molecule has 178 valence electrons. The predicted molar refractivity (Wildman–Crippen MR) is 137 cm³/mol. The third-order valence-corrected chi connectivity index (χ3v) is 6.82. The first-order chi connectivity index (χ1) is 17.0. The molecule has 35 heavy (non-hydrogen) atoms. The van der Waals surface area contributed by atoms with E-state index < -0.39 is 5.91 Å². The molecule has 0 aliphatic heterocycles. The number of hydrogen-bond acceptors (Lipinski definition) is 8. The number of aryl methyl sites for hydroxylation is 1. The number of thiophene rings is 1. The molecule has 9 nitrogen and oxygen atoms in total. The number of hydrazone groups is 1. The summed E-state index contributed by atoms with van der Waals surface area (Å²) < 4.78 is 5.13. The van der Waals surface area contributed by atoms with Crippen LogP contribution in [-0.4, -0.2) is 40.3 Å². The molecule has 2 heterocycles. The molecule has 0 atom stereocenters. The summed E-state index contributed by atoms with van der Waals surface area (Å²) in [6.07, 6.45) is 3.06. The van der Waals surface area contributed by atoms with Gasteiger partial charge < -0.3 is 10.1 Å². The van der Waals surface area contributed by atoms with Crippen molar-refractivity contribution in [2.24, 2.45) is 5.10 Å². The number of aromatic amines is 1. The van der Waals surface area contributed by atoms with Crippen LogP contribution in [0.3, 0.4) is 0 Å². The molecule has 0 radical (unpaired) electrons. The van der Waals surface area contributed by atoms with Gasteiger partial charge in [-0.25, -0.2) is 10.4 Å². The average Bonchev–Trinajstić information content (AvgIpc) is 3.53. The Bertz CT molecular complexity index is 1330.